The van der Waals surface area contributed by atoms with Gasteiger partial charge in [-0.15, -0.1) is 0 Å². The third-order valence-electron chi connectivity index (χ3n) is 5.77. The van der Waals surface area contributed by atoms with E-state index in [9.17, 15) is 19.8 Å². The number of aromatic carboxylic acids is 1. The van der Waals surface area contributed by atoms with Crippen LogP contribution in [0, 0.1) is 10.8 Å². The Morgan fingerprint density at radius 1 is 1.16 bits per heavy atom. The van der Waals surface area contributed by atoms with Crippen LogP contribution in [0.15, 0.2) is 29.2 Å². The van der Waals surface area contributed by atoms with Crippen LogP contribution in [-0.2, 0) is 6.42 Å². The lowest BCUT2D eigenvalue weighted by Crippen LogP contribution is -2.33. The molecular formula is C24H31NO6. The summed E-state index contributed by atoms with van der Waals surface area (Å²) in [7, 11) is 1.55. The van der Waals surface area contributed by atoms with Gasteiger partial charge in [-0.05, 0) is 29.5 Å². The molecule has 3 rings (SSSR count). The number of rotatable bonds is 6. The average Bonchev–Trinajstić information content (AvgIpc) is 2.69. The molecule has 0 amide bonds. The van der Waals surface area contributed by atoms with Gasteiger partial charge in [0.1, 0.15) is 5.56 Å². The van der Waals surface area contributed by atoms with Crippen molar-refractivity contribution in [1.82, 2.24) is 4.57 Å². The highest BCUT2D eigenvalue weighted by atomic mass is 16.5. The van der Waals surface area contributed by atoms with Gasteiger partial charge in [0, 0.05) is 29.3 Å². The molecule has 0 bridgehead atoms. The number of nitrogens with zero attached hydrogens (tertiary/aromatic N) is 1. The Labute approximate surface area is 182 Å². The minimum Gasteiger partial charge on any atom is -0.493 e. The minimum atomic E-state index is -1.23. The van der Waals surface area contributed by atoms with Gasteiger partial charge < -0.3 is 24.3 Å². The average molecular weight is 430 g/mol. The fraction of sp³-hybridized carbons (Fsp3) is 0.500. The van der Waals surface area contributed by atoms with Crippen molar-refractivity contribution in [1.29, 1.82) is 0 Å². The number of fused-ring (bicyclic) bond motifs is 3. The fourth-order valence-electron chi connectivity index (χ4n) is 3.81. The molecule has 7 nitrogen and oxygen atoms in total. The summed E-state index contributed by atoms with van der Waals surface area (Å²) in [5.74, 6) is -0.136. The van der Waals surface area contributed by atoms with E-state index < -0.39 is 16.8 Å². The number of methoxy groups -OCH3 is 1. The quantitative estimate of drug-likeness (QED) is 0.726. The van der Waals surface area contributed by atoms with E-state index in [0.717, 1.165) is 11.1 Å². The van der Waals surface area contributed by atoms with E-state index in [1.165, 1.54) is 12.3 Å². The monoisotopic (exact) mass is 429 g/mol. The third kappa shape index (κ3) is 4.46. The molecule has 0 aliphatic carbocycles. The molecule has 1 aliphatic heterocycles. The first-order chi connectivity index (χ1) is 14.4. The molecule has 1 aromatic heterocycles. The molecule has 0 spiro atoms. The molecule has 0 saturated carbocycles. The Kier molecular flexibility index (Phi) is 5.93. The van der Waals surface area contributed by atoms with Crippen LogP contribution in [0.1, 0.15) is 56.6 Å². The molecule has 0 saturated heterocycles. The highest BCUT2D eigenvalue weighted by Gasteiger charge is 2.34. The third-order valence-corrected chi connectivity index (χ3v) is 5.77. The van der Waals surface area contributed by atoms with Crippen LogP contribution in [-0.4, -0.2) is 41.1 Å². The van der Waals surface area contributed by atoms with Gasteiger partial charge in [-0.25, -0.2) is 4.79 Å². The molecule has 7 heteroatoms. The van der Waals surface area contributed by atoms with E-state index >= 15 is 0 Å². The topological polar surface area (TPSA) is 98.0 Å². The molecule has 1 aromatic carbocycles. The van der Waals surface area contributed by atoms with Crippen molar-refractivity contribution >= 4 is 5.97 Å². The van der Waals surface area contributed by atoms with E-state index in [1.807, 2.05) is 30.5 Å². The van der Waals surface area contributed by atoms with Crippen LogP contribution in [0.4, 0.5) is 0 Å². The minimum absolute atomic E-state index is 0.00540. The van der Waals surface area contributed by atoms with Crippen LogP contribution >= 0.6 is 0 Å². The number of carboxylic acid groups (broad SMARTS) is 1. The molecule has 0 unspecified atom stereocenters. The first-order valence-electron chi connectivity index (χ1n) is 10.3. The van der Waals surface area contributed by atoms with Gasteiger partial charge in [0.2, 0.25) is 0 Å². The van der Waals surface area contributed by atoms with E-state index in [4.69, 9.17) is 9.47 Å². The summed E-state index contributed by atoms with van der Waals surface area (Å²) in [6.45, 7) is 10.4. The maximum Gasteiger partial charge on any atom is 0.341 e. The van der Waals surface area contributed by atoms with Gasteiger partial charge in [0.05, 0.1) is 26.0 Å². The number of benzene rings is 1. The lowest BCUT2D eigenvalue weighted by atomic mass is 9.78. The zero-order valence-electron chi connectivity index (χ0n) is 19.0. The largest absolute Gasteiger partial charge is 0.493 e. The Bertz CT molecular complexity index is 1060. The number of aliphatic hydroxyl groups is 1. The molecule has 1 atom stereocenters. The Morgan fingerprint density at radius 3 is 2.39 bits per heavy atom. The highest BCUT2D eigenvalue weighted by Crippen LogP contribution is 2.45. The van der Waals surface area contributed by atoms with E-state index in [-0.39, 0.29) is 23.6 Å². The predicted molar refractivity (Wildman–Crippen MR) is 118 cm³/mol. The SMILES string of the molecule is COc1cc2c(cc1OCC(C)(C)CO)C[C@H](C(C)(C)C)n1cc(C(=O)O)c(=O)cc1-2. The van der Waals surface area contributed by atoms with Crippen LogP contribution < -0.4 is 14.9 Å². The molecule has 31 heavy (non-hydrogen) atoms. The first kappa shape index (κ1) is 22.9. The summed E-state index contributed by atoms with van der Waals surface area (Å²) >= 11 is 0. The Balaban J connectivity index is 2.18. The number of aliphatic hydroxyl groups excluding tert-OH is 1. The second-order valence-corrected chi connectivity index (χ2v) is 10.0. The Morgan fingerprint density at radius 2 is 1.84 bits per heavy atom. The predicted octanol–water partition coefficient (Wildman–Crippen LogP) is 3.76. The van der Waals surface area contributed by atoms with Crippen LogP contribution in [0.5, 0.6) is 11.5 Å². The number of ether oxygens (including phenoxy) is 2. The molecule has 2 aromatic rings. The summed E-state index contributed by atoms with van der Waals surface area (Å²) in [5.41, 5.74) is 1.14. The van der Waals surface area contributed by atoms with Crippen molar-refractivity contribution in [2.24, 2.45) is 10.8 Å². The smallest absolute Gasteiger partial charge is 0.341 e. The molecule has 168 valence electrons. The molecule has 0 fully saturated rings. The van der Waals surface area contributed by atoms with Crippen LogP contribution in [0.25, 0.3) is 11.3 Å². The number of carbonyl (C=O) groups is 1. The van der Waals surface area contributed by atoms with Crippen molar-refractivity contribution in [3.05, 3.63) is 45.7 Å². The van der Waals surface area contributed by atoms with Gasteiger partial charge in [0.25, 0.3) is 0 Å². The van der Waals surface area contributed by atoms with Crippen molar-refractivity contribution < 1.29 is 24.5 Å². The maximum atomic E-state index is 12.5. The lowest BCUT2D eigenvalue weighted by Gasteiger charge is -2.39. The lowest BCUT2D eigenvalue weighted by molar-refractivity contribution is 0.0693. The molecular weight excluding hydrogens is 398 g/mol. The highest BCUT2D eigenvalue weighted by molar-refractivity contribution is 5.88. The summed E-state index contributed by atoms with van der Waals surface area (Å²) in [6, 6.07) is 5.11. The zero-order chi connectivity index (χ0) is 23.1. The summed E-state index contributed by atoms with van der Waals surface area (Å²) in [6.07, 6.45) is 2.11. The Hall–Kier alpha value is -2.80. The second kappa shape index (κ2) is 8.04. The van der Waals surface area contributed by atoms with Crippen molar-refractivity contribution in [3.8, 4) is 22.8 Å². The number of carboxylic acids is 1. The van der Waals surface area contributed by atoms with Gasteiger partial charge in [-0.2, -0.15) is 0 Å². The van der Waals surface area contributed by atoms with Gasteiger partial charge in [0.15, 0.2) is 16.9 Å². The van der Waals surface area contributed by atoms with E-state index in [2.05, 4.69) is 20.8 Å². The summed E-state index contributed by atoms with van der Waals surface area (Å²) < 4.78 is 13.4. The fourth-order valence-corrected chi connectivity index (χ4v) is 3.81. The summed E-state index contributed by atoms with van der Waals surface area (Å²) in [4.78, 5) is 24.1. The van der Waals surface area contributed by atoms with Gasteiger partial charge in [-0.1, -0.05) is 34.6 Å². The van der Waals surface area contributed by atoms with Crippen molar-refractivity contribution in [3.63, 3.8) is 0 Å². The number of pyridine rings is 1. The first-order valence-corrected chi connectivity index (χ1v) is 10.3. The standard InChI is InChI=1S/C24H31NO6/c1-23(2,3)21-8-14-7-20(31-13-24(4,5)12-26)19(30-6)9-15(14)17-10-18(27)16(22(28)29)11-25(17)21/h7,9-11,21,26H,8,12-13H2,1-6H3,(H,28,29)/t21-/m1/s1. The van der Waals surface area contributed by atoms with Crippen molar-refractivity contribution in [2.75, 3.05) is 20.3 Å². The number of hydrogen-bond acceptors (Lipinski definition) is 5. The van der Waals surface area contributed by atoms with Crippen LogP contribution in [0.3, 0.4) is 0 Å². The van der Waals surface area contributed by atoms with Crippen molar-refractivity contribution in [2.45, 2.75) is 47.1 Å². The van der Waals surface area contributed by atoms with Gasteiger partial charge in [-0.3, -0.25) is 4.79 Å². The van der Waals surface area contributed by atoms with E-state index in [1.54, 1.807) is 7.11 Å². The number of hydrogen-bond donors (Lipinski definition) is 2. The number of aromatic nitrogens is 1. The van der Waals surface area contributed by atoms with Crippen LogP contribution in [0.2, 0.25) is 0 Å². The molecule has 2 heterocycles. The second-order valence-electron chi connectivity index (χ2n) is 10.0. The maximum absolute atomic E-state index is 12.5. The van der Waals surface area contributed by atoms with E-state index in [0.29, 0.717) is 30.2 Å². The van der Waals surface area contributed by atoms with Gasteiger partial charge >= 0.3 is 5.97 Å². The molecule has 2 N–H and O–H groups in total. The zero-order valence-corrected chi connectivity index (χ0v) is 19.0. The molecule has 1 aliphatic rings. The molecule has 0 radical (unpaired) electrons. The normalized spacial score (nSPS) is 15.8. The summed E-state index contributed by atoms with van der Waals surface area (Å²) in [5, 5.41) is 19.0.